The summed E-state index contributed by atoms with van der Waals surface area (Å²) in [5, 5.41) is 5.82. The lowest BCUT2D eigenvalue weighted by atomic mass is 9.94. The summed E-state index contributed by atoms with van der Waals surface area (Å²) >= 11 is 11.5. The summed E-state index contributed by atoms with van der Waals surface area (Å²) in [5.74, 6) is -0.108. The molecule has 1 aliphatic carbocycles. The van der Waals surface area contributed by atoms with Crippen LogP contribution in [0.1, 0.15) is 61.1 Å². The van der Waals surface area contributed by atoms with Gasteiger partial charge < -0.3 is 15.4 Å². The Morgan fingerprint density at radius 3 is 2.12 bits per heavy atom. The Labute approximate surface area is 197 Å². The number of nitrogens with one attached hydrogen (secondary N) is 2. The van der Waals surface area contributed by atoms with Crippen molar-refractivity contribution in [2.45, 2.75) is 50.7 Å². The van der Waals surface area contributed by atoms with Crippen LogP contribution in [0, 0.1) is 0 Å². The first-order valence-corrected chi connectivity index (χ1v) is 11.1. The van der Waals surface area contributed by atoms with E-state index < -0.39 is 28.4 Å². The van der Waals surface area contributed by atoms with Crippen LogP contribution in [0.3, 0.4) is 0 Å². The first kappa shape index (κ1) is 24.1. The van der Waals surface area contributed by atoms with E-state index in [1.807, 2.05) is 12.1 Å². The number of ether oxygens (including phenoxy) is 1. The van der Waals surface area contributed by atoms with E-state index in [0.717, 1.165) is 18.4 Å². The Kier molecular flexibility index (Phi) is 7.16. The molecule has 8 heteroatoms. The normalized spacial score (nSPS) is 15.4. The monoisotopic (exact) mass is 476 g/mol. The van der Waals surface area contributed by atoms with Gasteiger partial charge in [-0.25, -0.2) is 4.79 Å². The molecule has 3 rings (SSSR count). The number of hydrogen-bond acceptors (Lipinski definition) is 4. The average molecular weight is 477 g/mol. The van der Waals surface area contributed by atoms with Crippen LogP contribution >= 0.6 is 23.2 Å². The predicted molar refractivity (Wildman–Crippen MR) is 124 cm³/mol. The van der Waals surface area contributed by atoms with Gasteiger partial charge in [0.1, 0.15) is 5.60 Å². The summed E-state index contributed by atoms with van der Waals surface area (Å²) in [6, 6.07) is 13.3. The van der Waals surface area contributed by atoms with E-state index in [4.69, 9.17) is 27.9 Å². The number of carbonyl (C=O) groups is 3. The minimum Gasteiger partial charge on any atom is -0.444 e. The maximum Gasteiger partial charge on any atom is 0.408 e. The summed E-state index contributed by atoms with van der Waals surface area (Å²) in [5.41, 5.74) is 0.723. The smallest absolute Gasteiger partial charge is 0.408 e. The molecule has 170 valence electrons. The largest absolute Gasteiger partial charge is 0.444 e. The number of rotatable bonds is 7. The first-order chi connectivity index (χ1) is 15.0. The van der Waals surface area contributed by atoms with Crippen molar-refractivity contribution in [1.82, 2.24) is 10.6 Å². The van der Waals surface area contributed by atoms with Gasteiger partial charge in [-0.15, -0.1) is 0 Å². The predicted octanol–water partition coefficient (Wildman–Crippen LogP) is 5.13. The number of benzene rings is 2. The van der Waals surface area contributed by atoms with E-state index in [0.29, 0.717) is 16.1 Å². The highest BCUT2D eigenvalue weighted by Crippen LogP contribution is 2.48. The molecule has 1 aliphatic rings. The fraction of sp³-hybridized carbons (Fsp3) is 0.375. The highest BCUT2D eigenvalue weighted by molar-refractivity contribution is 6.67. The lowest BCUT2D eigenvalue weighted by Gasteiger charge is -2.25. The first-order valence-electron chi connectivity index (χ1n) is 10.3. The standard InChI is InChI=1S/C24H26Cl2N2O4/c1-23(2,3)32-22(31)28-19(15-4-6-16(7-5-15)20(26)29)14-27-21(30)24(12-13-24)17-8-10-18(25)11-9-17/h4-11,19H,12-14H2,1-3H3,(H,27,30)(H,28,31). The van der Waals surface area contributed by atoms with Gasteiger partial charge in [0.05, 0.1) is 11.5 Å². The van der Waals surface area contributed by atoms with Crippen molar-refractivity contribution in [2.24, 2.45) is 0 Å². The zero-order valence-electron chi connectivity index (χ0n) is 18.2. The van der Waals surface area contributed by atoms with Gasteiger partial charge in [-0.1, -0.05) is 35.9 Å². The molecule has 1 fully saturated rings. The van der Waals surface area contributed by atoms with Gasteiger partial charge in [0.15, 0.2) is 0 Å². The van der Waals surface area contributed by atoms with Crippen LogP contribution in [-0.4, -0.2) is 29.4 Å². The van der Waals surface area contributed by atoms with Gasteiger partial charge in [0.25, 0.3) is 5.24 Å². The van der Waals surface area contributed by atoms with Crippen molar-refractivity contribution in [1.29, 1.82) is 0 Å². The van der Waals surface area contributed by atoms with Crippen molar-refractivity contribution in [3.05, 3.63) is 70.2 Å². The number of halogens is 2. The molecular weight excluding hydrogens is 451 g/mol. The van der Waals surface area contributed by atoms with Gasteiger partial charge >= 0.3 is 6.09 Å². The molecule has 0 saturated heterocycles. The summed E-state index contributed by atoms with van der Waals surface area (Å²) in [4.78, 5) is 36.8. The van der Waals surface area contributed by atoms with Gasteiger partial charge in [-0.2, -0.15) is 0 Å². The molecule has 32 heavy (non-hydrogen) atoms. The molecule has 1 saturated carbocycles. The third-order valence-electron chi connectivity index (χ3n) is 5.28. The SMILES string of the molecule is CC(C)(C)OC(=O)NC(CNC(=O)C1(c2ccc(Cl)cc2)CC1)c1ccc(C(=O)Cl)cc1. The fourth-order valence-electron chi connectivity index (χ4n) is 3.45. The lowest BCUT2D eigenvalue weighted by molar-refractivity contribution is -0.123. The second-order valence-electron chi connectivity index (χ2n) is 8.89. The Balaban J connectivity index is 1.74. The number of carbonyl (C=O) groups excluding carboxylic acids is 3. The molecule has 0 radical (unpaired) electrons. The molecule has 0 aliphatic heterocycles. The summed E-state index contributed by atoms with van der Waals surface area (Å²) in [6.07, 6.45) is 0.891. The van der Waals surface area contributed by atoms with Crippen LogP contribution in [0.2, 0.25) is 5.02 Å². The van der Waals surface area contributed by atoms with E-state index in [1.165, 1.54) is 0 Å². The quantitative estimate of drug-likeness (QED) is 0.542. The van der Waals surface area contributed by atoms with Crippen molar-refractivity contribution in [2.75, 3.05) is 6.54 Å². The summed E-state index contributed by atoms with van der Waals surface area (Å²) < 4.78 is 5.37. The molecule has 1 atom stereocenters. The van der Waals surface area contributed by atoms with Crippen LogP contribution in [-0.2, 0) is 14.9 Å². The third-order valence-corrected chi connectivity index (χ3v) is 5.75. The molecule has 2 amide bonds. The second-order valence-corrected chi connectivity index (χ2v) is 9.67. The minimum atomic E-state index is -0.667. The minimum absolute atomic E-state index is 0.108. The van der Waals surface area contributed by atoms with Crippen LogP contribution in [0.15, 0.2) is 48.5 Å². The van der Waals surface area contributed by atoms with Crippen LogP contribution < -0.4 is 10.6 Å². The third kappa shape index (κ3) is 6.02. The van der Waals surface area contributed by atoms with Gasteiger partial charge in [-0.3, -0.25) is 9.59 Å². The topological polar surface area (TPSA) is 84.5 Å². The van der Waals surface area contributed by atoms with E-state index in [1.54, 1.807) is 57.2 Å². The molecule has 0 spiro atoms. The maximum atomic E-state index is 13.1. The molecule has 0 bridgehead atoms. The summed E-state index contributed by atoms with van der Waals surface area (Å²) in [7, 11) is 0. The van der Waals surface area contributed by atoms with Gasteiger partial charge in [-0.05, 0) is 80.6 Å². The Hall–Kier alpha value is -2.57. The Morgan fingerprint density at radius 1 is 1.03 bits per heavy atom. The van der Waals surface area contributed by atoms with E-state index in [9.17, 15) is 14.4 Å². The summed E-state index contributed by atoms with van der Waals surface area (Å²) in [6.45, 7) is 5.47. The molecule has 1 unspecified atom stereocenters. The maximum absolute atomic E-state index is 13.1. The van der Waals surface area contributed by atoms with Crippen LogP contribution in [0.5, 0.6) is 0 Å². The fourth-order valence-corrected chi connectivity index (χ4v) is 3.71. The second kappa shape index (κ2) is 9.51. The van der Waals surface area contributed by atoms with E-state index in [2.05, 4.69) is 10.6 Å². The van der Waals surface area contributed by atoms with E-state index in [-0.39, 0.29) is 12.5 Å². The van der Waals surface area contributed by atoms with Crippen molar-refractivity contribution >= 4 is 40.4 Å². The molecule has 2 aromatic rings. The molecule has 6 nitrogen and oxygen atoms in total. The highest BCUT2D eigenvalue weighted by Gasteiger charge is 2.51. The number of hydrogen-bond donors (Lipinski definition) is 2. The van der Waals surface area contributed by atoms with Crippen LogP contribution in [0.4, 0.5) is 4.79 Å². The number of amides is 2. The van der Waals surface area contributed by atoms with Crippen molar-refractivity contribution in [3.8, 4) is 0 Å². The van der Waals surface area contributed by atoms with E-state index >= 15 is 0 Å². The molecular formula is C24H26Cl2N2O4. The average Bonchev–Trinajstić information content (AvgIpc) is 3.52. The lowest BCUT2D eigenvalue weighted by Crippen LogP contribution is -2.43. The Bertz CT molecular complexity index is 994. The van der Waals surface area contributed by atoms with Gasteiger partial charge in [0.2, 0.25) is 5.91 Å². The molecule has 2 N–H and O–H groups in total. The molecule has 0 heterocycles. The molecule has 2 aromatic carbocycles. The molecule has 0 aromatic heterocycles. The van der Waals surface area contributed by atoms with Crippen molar-refractivity contribution < 1.29 is 19.1 Å². The zero-order valence-corrected chi connectivity index (χ0v) is 19.7. The van der Waals surface area contributed by atoms with Crippen molar-refractivity contribution in [3.63, 3.8) is 0 Å². The van der Waals surface area contributed by atoms with Crippen LogP contribution in [0.25, 0.3) is 0 Å². The number of alkyl carbamates (subject to hydrolysis) is 1. The highest BCUT2D eigenvalue weighted by atomic mass is 35.5. The zero-order chi connectivity index (χ0) is 23.5. The van der Waals surface area contributed by atoms with Gasteiger partial charge in [0, 0.05) is 17.1 Å². The Morgan fingerprint density at radius 2 is 1.62 bits per heavy atom.